The molecule has 5 nitrogen and oxygen atoms in total. The predicted octanol–water partition coefficient (Wildman–Crippen LogP) is 3.79. The van der Waals surface area contributed by atoms with Gasteiger partial charge in [0.15, 0.2) is 0 Å². The van der Waals surface area contributed by atoms with Gasteiger partial charge < -0.3 is 4.90 Å². The van der Waals surface area contributed by atoms with Crippen molar-refractivity contribution in [3.05, 3.63) is 53.1 Å². The van der Waals surface area contributed by atoms with Crippen molar-refractivity contribution < 1.29 is 13.2 Å². The molecule has 0 radical (unpaired) electrons. The van der Waals surface area contributed by atoms with Crippen molar-refractivity contribution in [2.75, 3.05) is 16.2 Å². The van der Waals surface area contributed by atoms with Crippen molar-refractivity contribution in [3.63, 3.8) is 0 Å². The van der Waals surface area contributed by atoms with E-state index in [1.807, 2.05) is 39.0 Å². The Morgan fingerprint density at radius 2 is 1.88 bits per heavy atom. The van der Waals surface area contributed by atoms with Crippen LogP contribution in [0.25, 0.3) is 0 Å². The van der Waals surface area contributed by atoms with Crippen LogP contribution in [0.1, 0.15) is 36.5 Å². The van der Waals surface area contributed by atoms with Crippen LogP contribution in [0.15, 0.2) is 41.3 Å². The van der Waals surface area contributed by atoms with Gasteiger partial charge in [-0.3, -0.25) is 9.52 Å². The van der Waals surface area contributed by atoms with Crippen LogP contribution in [0.3, 0.4) is 0 Å². The molecule has 0 aromatic heterocycles. The average molecular weight is 372 g/mol. The lowest BCUT2D eigenvalue weighted by Gasteiger charge is -2.29. The monoisotopic (exact) mass is 372 g/mol. The van der Waals surface area contributed by atoms with E-state index in [-0.39, 0.29) is 10.8 Å². The van der Waals surface area contributed by atoms with Crippen LogP contribution in [0, 0.1) is 13.8 Å². The standard InChI is InChI=1S/C20H24N2O3S/c1-4-20(23)22-11-5-6-16-13-17(8-10-19(16)22)21-26(24,25)18-9-7-14(2)15(3)12-18/h7-10,12-13,21H,4-6,11H2,1-3H3. The molecule has 26 heavy (non-hydrogen) atoms. The Balaban J connectivity index is 1.89. The first-order chi connectivity index (χ1) is 12.3. The second kappa shape index (κ2) is 7.11. The van der Waals surface area contributed by atoms with Crippen molar-refractivity contribution >= 4 is 27.3 Å². The Bertz CT molecular complexity index is 952. The summed E-state index contributed by atoms with van der Waals surface area (Å²) in [6.45, 7) is 6.41. The summed E-state index contributed by atoms with van der Waals surface area (Å²) >= 11 is 0. The lowest BCUT2D eigenvalue weighted by Crippen LogP contribution is -2.34. The van der Waals surface area contributed by atoms with Crippen LogP contribution < -0.4 is 9.62 Å². The summed E-state index contributed by atoms with van der Waals surface area (Å²) in [6.07, 6.45) is 2.18. The van der Waals surface area contributed by atoms with Gasteiger partial charge >= 0.3 is 0 Å². The highest BCUT2D eigenvalue weighted by Crippen LogP contribution is 2.31. The summed E-state index contributed by atoms with van der Waals surface area (Å²) in [5, 5.41) is 0. The third kappa shape index (κ3) is 3.60. The molecule has 2 aromatic rings. The number of hydrogen-bond donors (Lipinski definition) is 1. The molecule has 0 spiro atoms. The number of amides is 1. The number of nitrogens with zero attached hydrogens (tertiary/aromatic N) is 1. The average Bonchev–Trinajstić information content (AvgIpc) is 2.62. The Morgan fingerprint density at radius 3 is 2.58 bits per heavy atom. The van der Waals surface area contributed by atoms with E-state index in [4.69, 9.17) is 0 Å². The number of carbonyl (C=O) groups excluding carboxylic acids is 1. The van der Waals surface area contributed by atoms with Crippen molar-refractivity contribution in [3.8, 4) is 0 Å². The van der Waals surface area contributed by atoms with E-state index in [0.717, 1.165) is 35.2 Å². The molecule has 2 aromatic carbocycles. The maximum atomic E-state index is 12.7. The molecule has 1 heterocycles. The first-order valence-electron chi connectivity index (χ1n) is 8.85. The van der Waals surface area contributed by atoms with Gasteiger partial charge in [-0.25, -0.2) is 8.42 Å². The van der Waals surface area contributed by atoms with Crippen LogP contribution in [-0.2, 0) is 21.2 Å². The Morgan fingerprint density at radius 1 is 1.12 bits per heavy atom. The molecule has 0 bridgehead atoms. The minimum Gasteiger partial charge on any atom is -0.312 e. The van der Waals surface area contributed by atoms with Gasteiger partial charge in [0, 0.05) is 24.3 Å². The third-order valence-electron chi connectivity index (χ3n) is 4.84. The zero-order valence-electron chi connectivity index (χ0n) is 15.4. The third-order valence-corrected chi connectivity index (χ3v) is 6.22. The fraction of sp³-hybridized carbons (Fsp3) is 0.350. The van der Waals surface area contributed by atoms with Crippen molar-refractivity contribution in [1.29, 1.82) is 0 Å². The van der Waals surface area contributed by atoms with Gasteiger partial charge in [-0.1, -0.05) is 13.0 Å². The first-order valence-corrected chi connectivity index (χ1v) is 10.3. The maximum Gasteiger partial charge on any atom is 0.261 e. The minimum atomic E-state index is -3.64. The van der Waals surface area contributed by atoms with Gasteiger partial charge in [-0.15, -0.1) is 0 Å². The molecule has 138 valence electrons. The summed E-state index contributed by atoms with van der Waals surface area (Å²) in [5.41, 5.74) is 4.40. The summed E-state index contributed by atoms with van der Waals surface area (Å²) in [5.74, 6) is 0.0920. The molecule has 1 N–H and O–H groups in total. The van der Waals surface area contributed by atoms with E-state index >= 15 is 0 Å². The van der Waals surface area contributed by atoms with E-state index in [1.54, 1.807) is 23.1 Å². The predicted molar refractivity (Wildman–Crippen MR) is 104 cm³/mol. The number of rotatable bonds is 4. The minimum absolute atomic E-state index is 0.0920. The summed E-state index contributed by atoms with van der Waals surface area (Å²) < 4.78 is 28.0. The van der Waals surface area contributed by atoms with Crippen LogP contribution in [0.4, 0.5) is 11.4 Å². The molecule has 1 aliphatic rings. The highest BCUT2D eigenvalue weighted by atomic mass is 32.2. The number of fused-ring (bicyclic) bond motifs is 1. The summed E-state index contributed by atoms with van der Waals surface area (Å²) in [6, 6.07) is 10.5. The molecule has 0 aliphatic carbocycles. The highest BCUT2D eigenvalue weighted by Gasteiger charge is 2.22. The smallest absolute Gasteiger partial charge is 0.261 e. The topological polar surface area (TPSA) is 66.5 Å². The number of hydrogen-bond acceptors (Lipinski definition) is 3. The van der Waals surface area contributed by atoms with Crippen molar-refractivity contribution in [2.45, 2.75) is 44.9 Å². The lowest BCUT2D eigenvalue weighted by molar-refractivity contribution is -0.118. The SMILES string of the molecule is CCC(=O)N1CCCc2cc(NS(=O)(=O)c3ccc(C)c(C)c3)ccc21. The van der Waals surface area contributed by atoms with E-state index in [2.05, 4.69) is 4.72 Å². The number of aryl methyl sites for hydroxylation is 3. The van der Waals surface area contributed by atoms with Gasteiger partial charge in [0.1, 0.15) is 0 Å². The van der Waals surface area contributed by atoms with Crippen LogP contribution in [0.5, 0.6) is 0 Å². The molecular weight excluding hydrogens is 348 g/mol. The van der Waals surface area contributed by atoms with Gasteiger partial charge in [0.05, 0.1) is 4.90 Å². The highest BCUT2D eigenvalue weighted by molar-refractivity contribution is 7.92. The van der Waals surface area contributed by atoms with Crippen LogP contribution in [0.2, 0.25) is 0 Å². The van der Waals surface area contributed by atoms with Crippen molar-refractivity contribution in [1.82, 2.24) is 0 Å². The summed E-state index contributed by atoms with van der Waals surface area (Å²) in [4.78, 5) is 14.1. The molecular formula is C20H24N2O3S. The van der Waals surface area contributed by atoms with Gasteiger partial charge in [0.2, 0.25) is 5.91 Å². The van der Waals surface area contributed by atoms with Crippen LogP contribution >= 0.6 is 0 Å². The van der Waals surface area contributed by atoms with E-state index < -0.39 is 10.0 Å². The Kier molecular flexibility index (Phi) is 5.05. The largest absolute Gasteiger partial charge is 0.312 e. The van der Waals surface area contributed by atoms with E-state index in [9.17, 15) is 13.2 Å². The van der Waals surface area contributed by atoms with Crippen LogP contribution in [-0.4, -0.2) is 20.9 Å². The Hall–Kier alpha value is -2.34. The maximum absolute atomic E-state index is 12.7. The normalized spacial score (nSPS) is 14.0. The number of benzene rings is 2. The first kappa shape index (κ1) is 18.5. The quantitative estimate of drug-likeness (QED) is 0.888. The zero-order chi connectivity index (χ0) is 18.9. The molecule has 0 saturated carbocycles. The molecule has 0 unspecified atom stereocenters. The van der Waals surface area contributed by atoms with E-state index in [1.165, 1.54) is 0 Å². The fourth-order valence-corrected chi connectivity index (χ4v) is 4.34. The molecule has 0 atom stereocenters. The molecule has 0 saturated heterocycles. The molecule has 1 aliphatic heterocycles. The zero-order valence-corrected chi connectivity index (χ0v) is 16.2. The van der Waals surface area contributed by atoms with E-state index in [0.29, 0.717) is 18.7 Å². The second-order valence-electron chi connectivity index (χ2n) is 6.70. The second-order valence-corrected chi connectivity index (χ2v) is 8.38. The summed E-state index contributed by atoms with van der Waals surface area (Å²) in [7, 11) is -3.64. The number of sulfonamides is 1. The van der Waals surface area contributed by atoms with Gasteiger partial charge in [0.25, 0.3) is 10.0 Å². The number of anilines is 2. The van der Waals surface area contributed by atoms with Gasteiger partial charge in [-0.05, 0) is 73.7 Å². The molecule has 0 fully saturated rings. The number of carbonyl (C=O) groups is 1. The number of nitrogens with one attached hydrogen (secondary N) is 1. The lowest BCUT2D eigenvalue weighted by atomic mass is 10.0. The molecule has 6 heteroatoms. The molecule has 1 amide bonds. The molecule has 3 rings (SSSR count). The fourth-order valence-electron chi connectivity index (χ4n) is 3.21. The van der Waals surface area contributed by atoms with Crippen molar-refractivity contribution in [2.24, 2.45) is 0 Å². The Labute approximate surface area is 155 Å². The van der Waals surface area contributed by atoms with Gasteiger partial charge in [-0.2, -0.15) is 0 Å².